The van der Waals surface area contributed by atoms with Gasteiger partial charge in [-0.25, -0.2) is 13.1 Å². The molecule has 5 aromatic rings. The molecule has 3 fully saturated rings. The molecule has 1 saturated heterocycles. The third-order valence-electron chi connectivity index (χ3n) is 12.9. The topological polar surface area (TPSA) is 114 Å². The van der Waals surface area contributed by atoms with E-state index >= 15 is 4.79 Å². The number of aromatic nitrogens is 2. The molecule has 2 atom stereocenters. The van der Waals surface area contributed by atoms with E-state index in [4.69, 9.17) is 4.74 Å². The van der Waals surface area contributed by atoms with Gasteiger partial charge in [-0.05, 0) is 111 Å². The van der Waals surface area contributed by atoms with Gasteiger partial charge in [-0.1, -0.05) is 43.5 Å². The highest BCUT2D eigenvalue weighted by atomic mass is 32.2. The quantitative estimate of drug-likeness (QED) is 0.175. The Morgan fingerprint density at radius 3 is 2.43 bits per heavy atom. The van der Waals surface area contributed by atoms with Gasteiger partial charge in [0.15, 0.2) is 0 Å². The van der Waals surface area contributed by atoms with Crippen LogP contribution in [0.4, 0.5) is 0 Å². The third kappa shape index (κ3) is 5.58. The third-order valence-corrected chi connectivity index (χ3v) is 14.6. The van der Waals surface area contributed by atoms with E-state index in [0.29, 0.717) is 37.0 Å². The molecule has 2 N–H and O–H groups in total. The van der Waals surface area contributed by atoms with Crippen LogP contribution < -0.4 is 9.46 Å². The smallest absolute Gasteiger partial charge is 0.264 e. The number of nitrogens with zero attached hydrogens (tertiary/aromatic N) is 2. The number of hydrogen-bond donors (Lipinski definition) is 2. The minimum absolute atomic E-state index is 0.0447. The lowest BCUT2D eigenvalue weighted by atomic mass is 9.81. The van der Waals surface area contributed by atoms with E-state index in [1.54, 1.807) is 27.0 Å². The second-order valence-electron chi connectivity index (χ2n) is 16.2. The predicted octanol–water partition coefficient (Wildman–Crippen LogP) is 8.21. The molecule has 0 bridgehead atoms. The Hall–Kier alpha value is -4.57. The first kappa shape index (κ1) is 34.2. The number of H-pyrrole nitrogens is 1. The normalized spacial score (nSPS) is 22.0. The fourth-order valence-electron chi connectivity index (χ4n) is 9.87. The number of likely N-dealkylation sites (tertiary alicyclic amines) is 1. The zero-order valence-electron chi connectivity index (χ0n) is 30.8. The van der Waals surface area contributed by atoms with Crippen LogP contribution in [0, 0.1) is 5.41 Å². The highest BCUT2D eigenvalue weighted by Gasteiger charge is 2.64. The summed E-state index contributed by atoms with van der Waals surface area (Å²) in [4.78, 5) is 34.1. The first-order valence-corrected chi connectivity index (χ1v) is 20.9. The number of rotatable bonds is 7. The molecule has 2 unspecified atom stereocenters. The molecule has 2 amide bonds. The van der Waals surface area contributed by atoms with Gasteiger partial charge in [-0.15, -0.1) is 0 Å². The van der Waals surface area contributed by atoms with Gasteiger partial charge in [0.1, 0.15) is 5.75 Å². The molecular formula is C43H48N4O5S. The van der Waals surface area contributed by atoms with Crippen molar-refractivity contribution in [2.24, 2.45) is 5.41 Å². The van der Waals surface area contributed by atoms with Crippen molar-refractivity contribution in [3.8, 4) is 17.0 Å². The summed E-state index contributed by atoms with van der Waals surface area (Å²) >= 11 is 0. The number of nitrogens with one attached hydrogen (secondary N) is 2. The lowest BCUT2D eigenvalue weighted by Gasteiger charge is -2.35. The lowest BCUT2D eigenvalue weighted by Crippen LogP contribution is -2.43. The summed E-state index contributed by atoms with van der Waals surface area (Å²) < 4.78 is 35.8. The number of benzene rings is 3. The van der Waals surface area contributed by atoms with Gasteiger partial charge < -0.3 is 19.2 Å². The number of methoxy groups -OCH3 is 1. The monoisotopic (exact) mass is 732 g/mol. The van der Waals surface area contributed by atoms with Crippen molar-refractivity contribution < 1.29 is 22.7 Å². The minimum Gasteiger partial charge on any atom is -0.497 e. The summed E-state index contributed by atoms with van der Waals surface area (Å²) in [6.45, 7) is 5.04. The number of para-hydroxylation sites is 1. The molecule has 2 saturated carbocycles. The Kier molecular flexibility index (Phi) is 8.25. The van der Waals surface area contributed by atoms with Gasteiger partial charge in [-0.3, -0.25) is 9.59 Å². The van der Waals surface area contributed by atoms with Crippen LogP contribution in [0.1, 0.15) is 110 Å². The second-order valence-corrected chi connectivity index (χ2v) is 18.4. The molecule has 2 aliphatic carbocycles. The van der Waals surface area contributed by atoms with Crippen LogP contribution in [0.25, 0.3) is 33.1 Å². The fraction of sp³-hybridized carbons (Fsp3) is 0.442. The molecule has 0 spiro atoms. The van der Waals surface area contributed by atoms with Crippen molar-refractivity contribution in [1.82, 2.24) is 19.2 Å². The van der Waals surface area contributed by atoms with Crippen LogP contribution in [0.2, 0.25) is 0 Å². The van der Waals surface area contributed by atoms with Crippen LogP contribution in [0.3, 0.4) is 0 Å². The molecule has 9 rings (SSSR count). The maximum absolute atomic E-state index is 15.0. The summed E-state index contributed by atoms with van der Waals surface area (Å²) in [6, 6.07) is 20.4. The molecule has 9 nitrogen and oxygen atoms in total. The maximum atomic E-state index is 15.0. The van der Waals surface area contributed by atoms with E-state index in [1.807, 2.05) is 18.2 Å². The van der Waals surface area contributed by atoms with E-state index in [0.717, 1.165) is 71.1 Å². The summed E-state index contributed by atoms with van der Waals surface area (Å²) in [7, 11) is -2.12. The summed E-state index contributed by atoms with van der Waals surface area (Å²) in [5.41, 5.74) is 7.75. The number of aromatic amines is 1. The molecule has 10 heteroatoms. The molecule has 53 heavy (non-hydrogen) atoms. The first-order chi connectivity index (χ1) is 25.6. The second kappa shape index (κ2) is 12.8. The number of hydrogen-bond acceptors (Lipinski definition) is 5. The number of fused-ring (bicyclic) bond motifs is 8. The van der Waals surface area contributed by atoms with Gasteiger partial charge in [0.05, 0.1) is 23.5 Å². The van der Waals surface area contributed by atoms with E-state index < -0.39 is 26.6 Å². The predicted molar refractivity (Wildman–Crippen MR) is 208 cm³/mol. The Balaban J connectivity index is 1.13. The maximum Gasteiger partial charge on any atom is 0.264 e. The number of carbonyl (C=O) groups excluding carboxylic acids is 2. The van der Waals surface area contributed by atoms with Crippen molar-refractivity contribution in [3.63, 3.8) is 0 Å². The molecule has 0 radical (unpaired) electrons. The zero-order valence-corrected chi connectivity index (χ0v) is 31.6. The lowest BCUT2D eigenvalue weighted by molar-refractivity contribution is -0.138. The van der Waals surface area contributed by atoms with Gasteiger partial charge >= 0.3 is 0 Å². The number of amides is 2. The summed E-state index contributed by atoms with van der Waals surface area (Å²) in [5, 5.41) is 1.61. The minimum atomic E-state index is -3.82. The number of piperidine rings is 1. The van der Waals surface area contributed by atoms with Crippen molar-refractivity contribution in [1.29, 1.82) is 0 Å². The highest BCUT2D eigenvalue weighted by molar-refractivity contribution is 7.90. The molecule has 2 aromatic heterocycles. The van der Waals surface area contributed by atoms with Gasteiger partial charge in [0.2, 0.25) is 15.9 Å². The standard InChI is InChI=1S/C43H48N4O5S/c1-26(2)53(50,51)45-41(48)29-13-15-33-38(21-29)47-25-43(42(49)46-19-17-27(18-20-46)35-24-44-37-12-8-7-11-31(35)37)23-36(43)34-22-30(52-3)14-16-32(34)40(47)39(33)28-9-5-4-6-10-28/h7-8,11-16,21-22,24,26-28,36,44H,4-6,9-10,17-20,23,25H2,1-3H3,(H,45,48). The van der Waals surface area contributed by atoms with Crippen molar-refractivity contribution >= 4 is 43.6 Å². The zero-order chi connectivity index (χ0) is 36.6. The SMILES string of the molecule is COc1ccc2c(c1)C1CC1(C(=O)N1CCC(c3c[nH]c4ccccc34)CC1)Cn1c-2c(C2CCCCC2)c2ccc(C(=O)NS(=O)(=O)C(C)C)cc21. The van der Waals surface area contributed by atoms with Crippen LogP contribution in [-0.4, -0.2) is 60.1 Å². The van der Waals surface area contributed by atoms with Crippen LogP contribution in [-0.2, 0) is 21.4 Å². The Morgan fingerprint density at radius 2 is 1.68 bits per heavy atom. The largest absolute Gasteiger partial charge is 0.497 e. The van der Waals surface area contributed by atoms with Crippen LogP contribution in [0.5, 0.6) is 5.75 Å². The van der Waals surface area contributed by atoms with Gasteiger partial charge in [0, 0.05) is 64.7 Å². The van der Waals surface area contributed by atoms with Gasteiger partial charge in [-0.2, -0.15) is 0 Å². The Labute approximate surface area is 311 Å². The van der Waals surface area contributed by atoms with E-state index in [-0.39, 0.29) is 11.8 Å². The molecule has 3 aromatic carbocycles. The average Bonchev–Trinajstić information content (AvgIpc) is 3.64. The fourth-order valence-corrected chi connectivity index (χ4v) is 10.5. The molecular weight excluding hydrogens is 685 g/mol. The van der Waals surface area contributed by atoms with E-state index in [1.165, 1.54) is 35.8 Å². The van der Waals surface area contributed by atoms with Crippen LogP contribution >= 0.6 is 0 Å². The molecule has 4 aliphatic rings. The number of sulfonamides is 1. The molecule has 276 valence electrons. The first-order valence-electron chi connectivity index (χ1n) is 19.4. The van der Waals surface area contributed by atoms with E-state index in [9.17, 15) is 13.2 Å². The van der Waals surface area contributed by atoms with Crippen LogP contribution in [0.15, 0.2) is 66.9 Å². The Morgan fingerprint density at radius 1 is 0.906 bits per heavy atom. The number of carbonyl (C=O) groups is 2. The van der Waals surface area contributed by atoms with Crippen molar-refractivity contribution in [2.75, 3.05) is 20.2 Å². The Bertz CT molecular complexity index is 2380. The van der Waals surface area contributed by atoms with Crippen molar-refractivity contribution in [2.45, 2.75) is 94.8 Å². The molecule has 4 heterocycles. The van der Waals surface area contributed by atoms with E-state index in [2.05, 4.69) is 61.8 Å². The summed E-state index contributed by atoms with van der Waals surface area (Å²) in [6.07, 6.45) is 10.5. The molecule has 2 aliphatic heterocycles. The highest BCUT2D eigenvalue weighted by Crippen LogP contribution is 2.66. The van der Waals surface area contributed by atoms with Crippen molar-refractivity contribution in [3.05, 3.63) is 89.1 Å². The summed E-state index contributed by atoms with van der Waals surface area (Å²) in [5.74, 6) is 1.14. The van der Waals surface area contributed by atoms with Gasteiger partial charge in [0.25, 0.3) is 5.91 Å². The number of ether oxygens (including phenoxy) is 1. The average molecular weight is 733 g/mol.